The summed E-state index contributed by atoms with van der Waals surface area (Å²) in [6, 6.07) is 12.8. The summed E-state index contributed by atoms with van der Waals surface area (Å²) in [6.45, 7) is 1.67. The van der Waals surface area contributed by atoms with Gasteiger partial charge in [0, 0.05) is 23.5 Å². The zero-order valence-electron chi connectivity index (χ0n) is 18.8. The van der Waals surface area contributed by atoms with Crippen molar-refractivity contribution in [2.45, 2.75) is 13.0 Å². The fourth-order valence-electron chi connectivity index (χ4n) is 3.64. The summed E-state index contributed by atoms with van der Waals surface area (Å²) < 4.78 is 5.71. The molecule has 4 aromatic rings. The third-order valence-electron chi connectivity index (χ3n) is 5.56. The lowest BCUT2D eigenvalue weighted by Gasteiger charge is -2.16. The highest BCUT2D eigenvalue weighted by molar-refractivity contribution is 6.11. The first-order valence-corrected chi connectivity index (χ1v) is 10.5. The number of pyridine rings is 1. The van der Waals surface area contributed by atoms with Crippen LogP contribution in [0.4, 0.5) is 0 Å². The first kappa shape index (κ1) is 23.3. The number of carbonyl (C=O) groups excluding carboxylic acids is 3. The number of imide groups is 1. The number of nitrogens with zero attached hydrogens (tertiary/aromatic N) is 2. The third kappa shape index (κ3) is 4.62. The lowest BCUT2D eigenvalue weighted by Crippen LogP contribution is -2.37. The van der Waals surface area contributed by atoms with Gasteiger partial charge in [-0.05, 0) is 55.0 Å². The maximum Gasteiger partial charge on any atom is 0.337 e. The Balaban J connectivity index is 1.68. The highest BCUT2D eigenvalue weighted by Crippen LogP contribution is 2.17. The van der Waals surface area contributed by atoms with Gasteiger partial charge in [-0.3, -0.25) is 29.3 Å². The van der Waals surface area contributed by atoms with Gasteiger partial charge in [0.25, 0.3) is 17.4 Å². The second kappa shape index (κ2) is 9.56. The van der Waals surface area contributed by atoms with E-state index in [1.807, 2.05) is 0 Å². The number of fused-ring (bicyclic) bond motifs is 1. The van der Waals surface area contributed by atoms with E-state index in [1.165, 1.54) is 49.8 Å². The molecule has 2 heterocycles. The molecule has 10 heteroatoms. The summed E-state index contributed by atoms with van der Waals surface area (Å²) in [5, 5.41) is 2.37. The Morgan fingerprint density at radius 3 is 2.20 bits per heavy atom. The maximum absolute atomic E-state index is 13.3. The molecule has 35 heavy (non-hydrogen) atoms. The van der Waals surface area contributed by atoms with Crippen LogP contribution in [0.15, 0.2) is 76.6 Å². The molecule has 10 nitrogen and oxygen atoms in total. The van der Waals surface area contributed by atoms with Gasteiger partial charge in [0.05, 0.1) is 29.6 Å². The average molecular weight is 472 g/mol. The van der Waals surface area contributed by atoms with E-state index >= 15 is 0 Å². The van der Waals surface area contributed by atoms with Gasteiger partial charge in [-0.2, -0.15) is 0 Å². The molecule has 2 amide bonds. The van der Waals surface area contributed by atoms with Crippen LogP contribution in [0.25, 0.3) is 10.9 Å². The van der Waals surface area contributed by atoms with Crippen LogP contribution < -0.4 is 16.6 Å². The molecule has 0 aliphatic rings. The first-order valence-electron chi connectivity index (χ1n) is 10.5. The molecule has 0 radical (unpaired) electrons. The van der Waals surface area contributed by atoms with Gasteiger partial charge in [0.1, 0.15) is 0 Å². The van der Waals surface area contributed by atoms with E-state index in [4.69, 9.17) is 0 Å². The lowest BCUT2D eigenvalue weighted by atomic mass is 10.1. The second-order valence-electron chi connectivity index (χ2n) is 7.67. The van der Waals surface area contributed by atoms with E-state index in [0.717, 1.165) is 4.57 Å². The summed E-state index contributed by atoms with van der Waals surface area (Å²) in [5.74, 6) is -1.81. The third-order valence-corrected chi connectivity index (χ3v) is 5.56. The Hall–Kier alpha value is -4.86. The predicted molar refractivity (Wildman–Crippen MR) is 126 cm³/mol. The molecule has 0 fully saturated rings. The number of H-pyrrole nitrogens is 1. The number of amides is 2. The molecule has 0 saturated carbocycles. The molecule has 0 aliphatic heterocycles. The molecular weight excluding hydrogens is 452 g/mol. The summed E-state index contributed by atoms with van der Waals surface area (Å²) >= 11 is 0. The zero-order valence-corrected chi connectivity index (χ0v) is 18.8. The van der Waals surface area contributed by atoms with Crippen molar-refractivity contribution >= 4 is 28.7 Å². The molecule has 1 unspecified atom stereocenters. The van der Waals surface area contributed by atoms with Gasteiger partial charge >= 0.3 is 11.7 Å². The van der Waals surface area contributed by atoms with Crippen molar-refractivity contribution in [3.05, 3.63) is 110 Å². The van der Waals surface area contributed by atoms with Gasteiger partial charge in [-0.25, -0.2) is 9.59 Å². The Morgan fingerprint density at radius 2 is 1.54 bits per heavy atom. The zero-order chi connectivity index (χ0) is 25.1. The van der Waals surface area contributed by atoms with Crippen molar-refractivity contribution in [3.8, 4) is 0 Å². The molecular formula is C25H20N4O6. The monoisotopic (exact) mass is 472 g/mol. The molecule has 1 atom stereocenters. The van der Waals surface area contributed by atoms with Crippen LogP contribution in [0, 0.1) is 0 Å². The molecule has 0 aliphatic carbocycles. The van der Waals surface area contributed by atoms with Crippen molar-refractivity contribution in [3.63, 3.8) is 0 Å². The number of aromatic amines is 1. The SMILES string of the molecule is COC(=O)c1ccc(C(C)n2c(=O)[nH]c3ccc(C(=O)NC(=O)c4ccncc4)cc3c2=O)cc1. The van der Waals surface area contributed by atoms with E-state index in [-0.39, 0.29) is 22.0 Å². The number of methoxy groups -OCH3 is 1. The number of esters is 1. The van der Waals surface area contributed by atoms with E-state index < -0.39 is 35.1 Å². The number of aromatic nitrogens is 3. The number of benzene rings is 2. The van der Waals surface area contributed by atoms with Crippen LogP contribution in [-0.4, -0.2) is 39.4 Å². The highest BCUT2D eigenvalue weighted by atomic mass is 16.5. The van der Waals surface area contributed by atoms with Crippen molar-refractivity contribution in [1.82, 2.24) is 19.9 Å². The van der Waals surface area contributed by atoms with Crippen molar-refractivity contribution in [2.24, 2.45) is 0 Å². The summed E-state index contributed by atoms with van der Waals surface area (Å²) in [5.41, 5.74) is 0.294. The van der Waals surface area contributed by atoms with Crippen LogP contribution in [-0.2, 0) is 4.74 Å². The Kier molecular flexibility index (Phi) is 6.36. The van der Waals surface area contributed by atoms with Crippen LogP contribution in [0.3, 0.4) is 0 Å². The average Bonchev–Trinajstić information content (AvgIpc) is 2.88. The lowest BCUT2D eigenvalue weighted by molar-refractivity contribution is 0.0600. The molecule has 0 bridgehead atoms. The minimum Gasteiger partial charge on any atom is -0.465 e. The molecule has 2 aromatic heterocycles. The van der Waals surface area contributed by atoms with Gasteiger partial charge in [0.2, 0.25) is 0 Å². The molecule has 176 valence electrons. The van der Waals surface area contributed by atoms with Gasteiger partial charge < -0.3 is 9.72 Å². The van der Waals surface area contributed by atoms with Crippen molar-refractivity contribution < 1.29 is 19.1 Å². The van der Waals surface area contributed by atoms with Crippen LogP contribution in [0.1, 0.15) is 49.6 Å². The highest BCUT2D eigenvalue weighted by Gasteiger charge is 2.18. The van der Waals surface area contributed by atoms with E-state index in [0.29, 0.717) is 11.1 Å². The number of ether oxygens (including phenoxy) is 1. The predicted octanol–water partition coefficient (Wildman–Crippen LogP) is 2.05. The molecule has 2 N–H and O–H groups in total. The topological polar surface area (TPSA) is 140 Å². The minimum atomic E-state index is -0.697. The normalized spacial score (nSPS) is 11.6. The van der Waals surface area contributed by atoms with Gasteiger partial charge in [-0.15, -0.1) is 0 Å². The Bertz CT molecular complexity index is 1560. The summed E-state index contributed by atoms with van der Waals surface area (Å²) in [6.07, 6.45) is 2.86. The molecule has 0 spiro atoms. The molecule has 0 saturated heterocycles. The van der Waals surface area contributed by atoms with E-state index in [9.17, 15) is 24.0 Å². The molecule has 2 aromatic carbocycles. The number of nitrogens with one attached hydrogen (secondary N) is 2. The first-order chi connectivity index (χ1) is 16.8. The fourth-order valence-corrected chi connectivity index (χ4v) is 3.64. The van der Waals surface area contributed by atoms with Gasteiger partial charge in [-0.1, -0.05) is 12.1 Å². The molecule has 4 rings (SSSR count). The van der Waals surface area contributed by atoms with Crippen LogP contribution in [0.2, 0.25) is 0 Å². The number of hydrogen-bond acceptors (Lipinski definition) is 7. The number of carbonyl (C=O) groups is 3. The van der Waals surface area contributed by atoms with Gasteiger partial charge in [0.15, 0.2) is 0 Å². The quantitative estimate of drug-likeness (QED) is 0.335. The van der Waals surface area contributed by atoms with E-state index in [2.05, 4.69) is 20.0 Å². The Morgan fingerprint density at radius 1 is 0.914 bits per heavy atom. The smallest absolute Gasteiger partial charge is 0.337 e. The summed E-state index contributed by atoms with van der Waals surface area (Å²) in [4.78, 5) is 69.0. The fraction of sp³-hybridized carbons (Fsp3) is 0.120. The Labute approximate surface area is 198 Å². The number of rotatable bonds is 5. The minimum absolute atomic E-state index is 0.0747. The summed E-state index contributed by atoms with van der Waals surface area (Å²) in [7, 11) is 1.27. The standard InChI is InChI=1S/C25H20N4O6/c1-14(15-3-5-17(6-4-15)24(33)35-2)29-23(32)19-13-18(7-8-20(19)27-25(29)34)22(31)28-21(30)16-9-11-26-12-10-16/h3-14H,1-2H3,(H,27,34)(H,28,30,31). The maximum atomic E-state index is 13.3. The van der Waals surface area contributed by atoms with Crippen molar-refractivity contribution in [2.75, 3.05) is 7.11 Å². The largest absolute Gasteiger partial charge is 0.465 e. The second-order valence-corrected chi connectivity index (χ2v) is 7.67. The van der Waals surface area contributed by atoms with Crippen molar-refractivity contribution in [1.29, 1.82) is 0 Å². The van der Waals surface area contributed by atoms with Crippen LogP contribution in [0.5, 0.6) is 0 Å². The van der Waals surface area contributed by atoms with Crippen LogP contribution >= 0.6 is 0 Å². The van der Waals surface area contributed by atoms with E-state index in [1.54, 1.807) is 31.2 Å². The number of hydrogen-bond donors (Lipinski definition) is 2.